The van der Waals surface area contributed by atoms with Crippen LogP contribution in [-0.4, -0.2) is 33.7 Å². The van der Waals surface area contributed by atoms with Crippen LogP contribution < -0.4 is 0 Å². The molecule has 0 bridgehead atoms. The van der Waals surface area contributed by atoms with Crippen molar-refractivity contribution in [1.29, 1.82) is 0 Å². The summed E-state index contributed by atoms with van der Waals surface area (Å²) in [5, 5.41) is 12.6. The van der Waals surface area contributed by atoms with E-state index in [-0.39, 0.29) is 12.5 Å². The van der Waals surface area contributed by atoms with Crippen LogP contribution in [0.2, 0.25) is 0 Å². The lowest BCUT2D eigenvalue weighted by atomic mass is 10.2. The molecule has 0 saturated heterocycles. The fourth-order valence-corrected chi connectivity index (χ4v) is 1.66. The van der Waals surface area contributed by atoms with Gasteiger partial charge >= 0.3 is 5.97 Å². The van der Waals surface area contributed by atoms with Gasteiger partial charge in [0.05, 0.1) is 12.1 Å². The van der Waals surface area contributed by atoms with Gasteiger partial charge < -0.3 is 9.63 Å². The molecule has 0 radical (unpaired) electrons. The predicted molar refractivity (Wildman–Crippen MR) is 59.0 cm³/mol. The van der Waals surface area contributed by atoms with E-state index < -0.39 is 5.97 Å². The lowest BCUT2D eigenvalue weighted by Crippen LogP contribution is -2.34. The molecular formula is C11H18N2O3. The van der Waals surface area contributed by atoms with E-state index in [1.54, 1.807) is 0 Å². The summed E-state index contributed by atoms with van der Waals surface area (Å²) in [4.78, 5) is 12.7. The molecule has 1 atom stereocenters. The Bertz CT molecular complexity index is 349. The van der Waals surface area contributed by atoms with Gasteiger partial charge in [-0.15, -0.1) is 0 Å². The van der Waals surface area contributed by atoms with E-state index >= 15 is 0 Å². The minimum atomic E-state index is -0.776. The van der Waals surface area contributed by atoms with Crippen LogP contribution in [0.25, 0.3) is 0 Å². The highest BCUT2D eigenvalue weighted by molar-refractivity contribution is 5.67. The Kier molecular flexibility index (Phi) is 4.49. The molecule has 0 aliphatic heterocycles. The summed E-state index contributed by atoms with van der Waals surface area (Å²) in [5.41, 5.74) is 0.844. The van der Waals surface area contributed by atoms with E-state index in [9.17, 15) is 4.79 Å². The molecule has 0 saturated carbocycles. The maximum Gasteiger partial charge on any atom is 0.304 e. The molecule has 1 N–H and O–H groups in total. The van der Waals surface area contributed by atoms with E-state index in [0.717, 1.165) is 18.0 Å². The molecule has 1 heterocycles. The first-order chi connectivity index (χ1) is 7.52. The summed E-state index contributed by atoms with van der Waals surface area (Å²) < 4.78 is 4.98. The molecule has 1 aromatic heterocycles. The number of carboxylic acids is 1. The van der Waals surface area contributed by atoms with Crippen molar-refractivity contribution in [2.45, 2.75) is 39.8 Å². The van der Waals surface area contributed by atoms with E-state index in [4.69, 9.17) is 9.63 Å². The molecule has 16 heavy (non-hydrogen) atoms. The van der Waals surface area contributed by atoms with Gasteiger partial charge in [0.2, 0.25) is 0 Å². The van der Waals surface area contributed by atoms with Crippen LogP contribution in [-0.2, 0) is 11.3 Å². The molecule has 5 heteroatoms. The third-order valence-corrected chi connectivity index (χ3v) is 2.54. The van der Waals surface area contributed by atoms with Gasteiger partial charge in [-0.25, -0.2) is 0 Å². The average molecular weight is 226 g/mol. The number of nitrogens with zero attached hydrogens (tertiary/aromatic N) is 2. The highest BCUT2D eigenvalue weighted by Crippen LogP contribution is 2.10. The molecule has 90 valence electrons. The summed E-state index contributed by atoms with van der Waals surface area (Å²) in [7, 11) is 0. The molecule has 0 aromatic carbocycles. The molecule has 0 amide bonds. The molecule has 0 fully saturated rings. The Morgan fingerprint density at radius 2 is 2.38 bits per heavy atom. The van der Waals surface area contributed by atoms with Crippen molar-refractivity contribution >= 4 is 5.97 Å². The lowest BCUT2D eigenvalue weighted by molar-refractivity contribution is -0.138. The fraction of sp³-hybridized carbons (Fsp3) is 0.636. The summed E-state index contributed by atoms with van der Waals surface area (Å²) in [6.45, 7) is 7.17. The van der Waals surface area contributed by atoms with Gasteiger partial charge in [0.1, 0.15) is 5.76 Å². The number of aromatic nitrogens is 1. The van der Waals surface area contributed by atoms with Crippen molar-refractivity contribution in [3.8, 4) is 0 Å². The summed E-state index contributed by atoms with van der Waals surface area (Å²) in [6, 6.07) is 1.87. The Labute approximate surface area is 95.0 Å². The van der Waals surface area contributed by atoms with Gasteiger partial charge in [-0.3, -0.25) is 9.69 Å². The van der Waals surface area contributed by atoms with Crippen molar-refractivity contribution < 1.29 is 14.4 Å². The maximum atomic E-state index is 10.6. The van der Waals surface area contributed by atoms with E-state index in [0.29, 0.717) is 6.54 Å². The van der Waals surface area contributed by atoms with Crippen LogP contribution in [0.15, 0.2) is 10.6 Å². The van der Waals surface area contributed by atoms with Crippen molar-refractivity contribution in [3.63, 3.8) is 0 Å². The van der Waals surface area contributed by atoms with Crippen LogP contribution in [0.1, 0.15) is 31.7 Å². The summed E-state index contributed by atoms with van der Waals surface area (Å²) >= 11 is 0. The van der Waals surface area contributed by atoms with E-state index in [1.807, 2.05) is 26.8 Å². The Morgan fingerprint density at radius 1 is 1.69 bits per heavy atom. The number of aryl methyl sites for hydroxylation is 1. The standard InChI is InChI=1S/C11H18N2O3/c1-4-13(8(2)5-11(14)15)7-10-6-9(3)16-12-10/h6,8H,4-5,7H2,1-3H3,(H,14,15). The highest BCUT2D eigenvalue weighted by atomic mass is 16.5. The second-order valence-electron chi connectivity index (χ2n) is 3.94. The van der Waals surface area contributed by atoms with Crippen molar-refractivity contribution in [3.05, 3.63) is 17.5 Å². The SMILES string of the molecule is CCN(Cc1cc(C)on1)C(C)CC(=O)O. The number of aliphatic carboxylic acids is 1. The van der Waals surface area contributed by atoms with Crippen LogP contribution >= 0.6 is 0 Å². The first-order valence-corrected chi connectivity index (χ1v) is 5.41. The minimum Gasteiger partial charge on any atom is -0.481 e. The summed E-state index contributed by atoms with van der Waals surface area (Å²) in [6.07, 6.45) is 0.144. The van der Waals surface area contributed by atoms with Gasteiger partial charge in [0.15, 0.2) is 0 Å². The Morgan fingerprint density at radius 3 is 2.81 bits per heavy atom. The zero-order valence-corrected chi connectivity index (χ0v) is 9.93. The highest BCUT2D eigenvalue weighted by Gasteiger charge is 2.16. The fourth-order valence-electron chi connectivity index (χ4n) is 1.66. The number of hydrogen-bond donors (Lipinski definition) is 1. The monoisotopic (exact) mass is 226 g/mol. The van der Waals surface area contributed by atoms with Gasteiger partial charge in [-0.05, 0) is 20.4 Å². The zero-order chi connectivity index (χ0) is 12.1. The quantitative estimate of drug-likeness (QED) is 0.799. The zero-order valence-electron chi connectivity index (χ0n) is 9.93. The topological polar surface area (TPSA) is 66.6 Å². The van der Waals surface area contributed by atoms with Crippen LogP contribution in [0.4, 0.5) is 0 Å². The molecular weight excluding hydrogens is 208 g/mol. The van der Waals surface area contributed by atoms with Crippen molar-refractivity contribution in [2.75, 3.05) is 6.54 Å². The molecule has 0 aliphatic carbocycles. The van der Waals surface area contributed by atoms with Gasteiger partial charge in [-0.1, -0.05) is 12.1 Å². The Hall–Kier alpha value is -1.36. The number of rotatable bonds is 6. The van der Waals surface area contributed by atoms with Gasteiger partial charge in [-0.2, -0.15) is 0 Å². The first-order valence-electron chi connectivity index (χ1n) is 5.41. The van der Waals surface area contributed by atoms with E-state index in [2.05, 4.69) is 10.1 Å². The number of hydrogen-bond acceptors (Lipinski definition) is 4. The van der Waals surface area contributed by atoms with Crippen molar-refractivity contribution in [1.82, 2.24) is 10.1 Å². The first kappa shape index (κ1) is 12.7. The van der Waals surface area contributed by atoms with Gasteiger partial charge in [0.25, 0.3) is 0 Å². The normalized spacial score (nSPS) is 13.0. The van der Waals surface area contributed by atoms with Crippen LogP contribution in [0, 0.1) is 6.92 Å². The van der Waals surface area contributed by atoms with Gasteiger partial charge in [0, 0.05) is 18.7 Å². The molecule has 1 rings (SSSR count). The second kappa shape index (κ2) is 5.65. The molecule has 5 nitrogen and oxygen atoms in total. The third-order valence-electron chi connectivity index (χ3n) is 2.54. The van der Waals surface area contributed by atoms with Crippen molar-refractivity contribution in [2.24, 2.45) is 0 Å². The largest absolute Gasteiger partial charge is 0.481 e. The molecule has 0 spiro atoms. The van der Waals surface area contributed by atoms with E-state index in [1.165, 1.54) is 0 Å². The Balaban J connectivity index is 2.57. The molecule has 0 aliphatic rings. The minimum absolute atomic E-state index is 0.000457. The average Bonchev–Trinajstić information content (AvgIpc) is 2.59. The number of carbonyl (C=O) groups is 1. The third kappa shape index (κ3) is 3.66. The summed E-state index contributed by atoms with van der Waals surface area (Å²) in [5.74, 6) is -0.000718. The van der Waals surface area contributed by atoms with Crippen LogP contribution in [0.3, 0.4) is 0 Å². The second-order valence-corrected chi connectivity index (χ2v) is 3.94. The number of carboxylic acid groups (broad SMARTS) is 1. The lowest BCUT2D eigenvalue weighted by Gasteiger charge is -2.25. The molecule has 1 aromatic rings. The smallest absolute Gasteiger partial charge is 0.304 e. The molecule has 1 unspecified atom stereocenters. The predicted octanol–water partition coefficient (Wildman–Crippen LogP) is 1.67. The maximum absolute atomic E-state index is 10.6. The van der Waals surface area contributed by atoms with Crippen LogP contribution in [0.5, 0.6) is 0 Å².